The van der Waals surface area contributed by atoms with Crippen LogP contribution in [0.2, 0.25) is 0 Å². The topological polar surface area (TPSA) is 82.8 Å². The molecular formula is C24H27N5O2. The third-order valence-electron chi connectivity index (χ3n) is 7.50. The number of rotatable bonds is 4. The van der Waals surface area contributed by atoms with Crippen LogP contribution in [0.1, 0.15) is 54.4 Å². The highest BCUT2D eigenvalue weighted by atomic mass is 16.3. The Balaban J connectivity index is 1.24. The minimum absolute atomic E-state index is 0.115. The number of nitrogens with one attached hydrogen (secondary N) is 1. The highest BCUT2D eigenvalue weighted by Gasteiger charge is 2.68. The first-order chi connectivity index (χ1) is 14.8. The minimum atomic E-state index is -0.547. The zero-order chi connectivity index (χ0) is 21.4. The molecule has 2 aromatic heterocycles. The Bertz CT molecular complexity index is 1180. The van der Waals surface area contributed by atoms with Crippen LogP contribution in [0.4, 0.5) is 5.69 Å². The number of carbonyl (C=O) groups is 1. The Morgan fingerprint density at radius 3 is 2.65 bits per heavy atom. The van der Waals surface area contributed by atoms with Gasteiger partial charge in [-0.25, -0.2) is 9.50 Å². The van der Waals surface area contributed by atoms with Gasteiger partial charge < -0.3 is 15.3 Å². The number of fused-ring (bicyclic) bond motifs is 1. The molecule has 0 radical (unpaired) electrons. The largest absolute Gasteiger partial charge is 0.390 e. The van der Waals surface area contributed by atoms with Gasteiger partial charge >= 0.3 is 0 Å². The lowest BCUT2D eigenvalue weighted by molar-refractivity contribution is -0.215. The molecule has 7 heteroatoms. The van der Waals surface area contributed by atoms with E-state index in [0.29, 0.717) is 24.9 Å². The van der Waals surface area contributed by atoms with E-state index in [2.05, 4.69) is 63.6 Å². The van der Waals surface area contributed by atoms with Crippen molar-refractivity contribution < 1.29 is 9.90 Å². The average Bonchev–Trinajstić information content (AvgIpc) is 3.32. The number of hydrogen-bond acceptors (Lipinski definition) is 5. The molecule has 0 spiro atoms. The van der Waals surface area contributed by atoms with Crippen LogP contribution < -0.4 is 10.2 Å². The van der Waals surface area contributed by atoms with Crippen LogP contribution in [-0.4, -0.2) is 49.8 Å². The van der Waals surface area contributed by atoms with Gasteiger partial charge in [-0.3, -0.25) is 4.79 Å². The third kappa shape index (κ3) is 2.86. The first kappa shape index (κ1) is 18.8. The molecule has 3 heterocycles. The van der Waals surface area contributed by atoms with Gasteiger partial charge in [0.25, 0.3) is 5.91 Å². The maximum Gasteiger partial charge on any atom is 0.291 e. The highest BCUT2D eigenvalue weighted by molar-refractivity contribution is 5.92. The smallest absolute Gasteiger partial charge is 0.291 e. The maximum atomic E-state index is 12.7. The van der Waals surface area contributed by atoms with E-state index in [9.17, 15) is 9.90 Å². The van der Waals surface area contributed by atoms with Crippen molar-refractivity contribution in [1.82, 2.24) is 19.9 Å². The molecule has 160 valence electrons. The molecule has 1 atom stereocenters. The summed E-state index contributed by atoms with van der Waals surface area (Å²) in [4.78, 5) is 19.6. The number of benzene rings is 1. The van der Waals surface area contributed by atoms with Gasteiger partial charge in [0.15, 0.2) is 5.65 Å². The summed E-state index contributed by atoms with van der Waals surface area (Å²) in [5.41, 5.74) is 3.49. The molecule has 1 aliphatic heterocycles. The predicted octanol–water partition coefficient (Wildman–Crippen LogP) is 2.60. The quantitative estimate of drug-likeness (QED) is 0.682. The highest BCUT2D eigenvalue weighted by Crippen LogP contribution is 2.60. The summed E-state index contributed by atoms with van der Waals surface area (Å²) < 4.78 is 1.73. The summed E-state index contributed by atoms with van der Waals surface area (Å²) in [5, 5.41) is 17.4. The van der Waals surface area contributed by atoms with Crippen molar-refractivity contribution in [1.29, 1.82) is 0 Å². The van der Waals surface area contributed by atoms with E-state index >= 15 is 0 Å². The summed E-state index contributed by atoms with van der Waals surface area (Å²) in [7, 11) is 0. The molecule has 1 saturated heterocycles. The number of hydrogen-bond donors (Lipinski definition) is 2. The first-order valence-corrected chi connectivity index (χ1v) is 11.0. The van der Waals surface area contributed by atoms with E-state index in [4.69, 9.17) is 0 Å². The van der Waals surface area contributed by atoms with Crippen LogP contribution in [-0.2, 0) is 5.41 Å². The van der Waals surface area contributed by atoms with Gasteiger partial charge in [0.05, 0.1) is 17.5 Å². The zero-order valence-corrected chi connectivity index (χ0v) is 17.9. The number of amides is 1. The second kappa shape index (κ2) is 6.07. The lowest BCUT2D eigenvalue weighted by Crippen LogP contribution is -2.78. The fourth-order valence-electron chi connectivity index (χ4n) is 5.82. The summed E-state index contributed by atoms with van der Waals surface area (Å²) in [6.07, 6.45) is 4.98. The van der Waals surface area contributed by atoms with Crippen molar-refractivity contribution in [2.45, 2.75) is 56.1 Å². The van der Waals surface area contributed by atoms with Gasteiger partial charge in [-0.1, -0.05) is 37.3 Å². The number of anilines is 1. The maximum absolute atomic E-state index is 12.7. The summed E-state index contributed by atoms with van der Waals surface area (Å²) in [6, 6.07) is 12.8. The fraction of sp³-hybridized carbons (Fsp3) is 0.458. The summed E-state index contributed by atoms with van der Waals surface area (Å²) in [5.74, 6) is -0.0725. The van der Waals surface area contributed by atoms with Crippen molar-refractivity contribution in [2.24, 2.45) is 0 Å². The van der Waals surface area contributed by atoms with Crippen molar-refractivity contribution in [3.8, 4) is 0 Å². The number of nitrogens with zero attached hydrogens (tertiary/aromatic N) is 4. The van der Waals surface area contributed by atoms with Crippen LogP contribution in [0, 0.1) is 6.92 Å². The predicted molar refractivity (Wildman–Crippen MR) is 117 cm³/mol. The second-order valence-corrected chi connectivity index (χ2v) is 10.2. The average molecular weight is 418 g/mol. The standard InChI is InChI=1S/C24H27N5O2/c1-16-10-18(28-9-8-22(2,15-28)17-6-4-3-5-7-17)11-29-20(16)25-19(27-29)21(30)26-23-12-24(31,13-23)14-23/h3-7,10-11,31H,8-9,12-15H2,1-2H3,(H,26,30)/t22-,23?,24?/m0/s1. The van der Waals surface area contributed by atoms with Gasteiger partial charge in [0.2, 0.25) is 5.82 Å². The molecule has 3 aromatic rings. The molecule has 31 heavy (non-hydrogen) atoms. The van der Waals surface area contributed by atoms with Gasteiger partial charge in [-0.05, 0) is 49.8 Å². The molecule has 0 unspecified atom stereocenters. The minimum Gasteiger partial charge on any atom is -0.390 e. The molecule has 4 aliphatic rings. The lowest BCUT2D eigenvalue weighted by atomic mass is 9.46. The van der Waals surface area contributed by atoms with Gasteiger partial charge in [-0.15, -0.1) is 5.10 Å². The van der Waals surface area contributed by atoms with E-state index in [1.807, 2.05) is 13.1 Å². The SMILES string of the molecule is Cc1cc(N2CC[C@](C)(c3ccccc3)C2)cn2nc(C(=O)NC34CC(O)(C3)C4)nc12. The molecule has 3 saturated carbocycles. The van der Waals surface area contributed by atoms with Crippen LogP contribution in [0.5, 0.6) is 0 Å². The number of aliphatic hydroxyl groups is 1. The van der Waals surface area contributed by atoms with E-state index in [0.717, 1.165) is 30.8 Å². The molecule has 7 rings (SSSR count). The Labute approximate surface area is 181 Å². The molecule has 2 bridgehead atoms. The Morgan fingerprint density at radius 2 is 1.94 bits per heavy atom. The van der Waals surface area contributed by atoms with Crippen molar-refractivity contribution >= 4 is 17.2 Å². The van der Waals surface area contributed by atoms with Crippen LogP contribution in [0.15, 0.2) is 42.6 Å². The summed E-state index contributed by atoms with van der Waals surface area (Å²) in [6.45, 7) is 6.25. The Kier molecular flexibility index (Phi) is 3.68. The summed E-state index contributed by atoms with van der Waals surface area (Å²) >= 11 is 0. The fourth-order valence-corrected chi connectivity index (χ4v) is 5.82. The number of aromatic nitrogens is 3. The molecular weight excluding hydrogens is 390 g/mol. The van der Waals surface area contributed by atoms with E-state index in [-0.39, 0.29) is 22.7 Å². The zero-order valence-electron chi connectivity index (χ0n) is 17.9. The number of carbonyl (C=O) groups excluding carboxylic acids is 1. The van der Waals surface area contributed by atoms with E-state index in [1.165, 1.54) is 5.56 Å². The number of aryl methyl sites for hydroxylation is 1. The molecule has 1 amide bonds. The van der Waals surface area contributed by atoms with Crippen molar-refractivity contribution in [2.75, 3.05) is 18.0 Å². The van der Waals surface area contributed by atoms with E-state index in [1.54, 1.807) is 4.52 Å². The van der Waals surface area contributed by atoms with Crippen molar-refractivity contribution in [3.05, 3.63) is 59.5 Å². The number of pyridine rings is 1. The van der Waals surface area contributed by atoms with Gasteiger partial charge in [0, 0.05) is 24.0 Å². The molecule has 2 N–H and O–H groups in total. The third-order valence-corrected chi connectivity index (χ3v) is 7.50. The van der Waals surface area contributed by atoms with Gasteiger partial charge in [-0.2, -0.15) is 0 Å². The van der Waals surface area contributed by atoms with Gasteiger partial charge in [0.1, 0.15) is 0 Å². The Hall–Kier alpha value is -2.93. The van der Waals surface area contributed by atoms with Crippen LogP contribution in [0.3, 0.4) is 0 Å². The van der Waals surface area contributed by atoms with E-state index < -0.39 is 5.60 Å². The molecule has 3 aliphatic carbocycles. The van der Waals surface area contributed by atoms with Crippen molar-refractivity contribution in [3.63, 3.8) is 0 Å². The lowest BCUT2D eigenvalue weighted by Gasteiger charge is -2.67. The van der Waals surface area contributed by atoms with Crippen LogP contribution >= 0.6 is 0 Å². The molecule has 4 fully saturated rings. The Morgan fingerprint density at radius 1 is 1.19 bits per heavy atom. The second-order valence-electron chi connectivity index (χ2n) is 10.2. The monoisotopic (exact) mass is 417 g/mol. The first-order valence-electron chi connectivity index (χ1n) is 11.0. The molecule has 7 nitrogen and oxygen atoms in total. The van der Waals surface area contributed by atoms with Crippen LogP contribution in [0.25, 0.3) is 5.65 Å². The normalized spacial score (nSPS) is 31.4. The molecule has 1 aromatic carbocycles.